The minimum absolute atomic E-state index is 0.196. The number of carbonyl (C=O) groups is 1. The number of aryl methyl sites for hydroxylation is 2. The highest BCUT2D eigenvalue weighted by Gasteiger charge is 2.22. The maximum Gasteiger partial charge on any atom is 0.226 e. The third kappa shape index (κ3) is 5.95. The van der Waals surface area contributed by atoms with Gasteiger partial charge in [0.1, 0.15) is 11.5 Å². The van der Waals surface area contributed by atoms with E-state index >= 15 is 0 Å². The topological polar surface area (TPSA) is 80.9 Å². The number of methoxy groups -OCH3 is 2. The normalized spacial score (nSPS) is 14.7. The van der Waals surface area contributed by atoms with Gasteiger partial charge in [-0.3, -0.25) is 9.69 Å². The number of aromatic nitrogens is 2. The second-order valence-corrected chi connectivity index (χ2v) is 7.54. The van der Waals surface area contributed by atoms with Gasteiger partial charge < -0.3 is 18.9 Å². The molecule has 164 valence electrons. The SMILES string of the molecule is CCCc1noc(CCCC(=O)N2CCN(Cc3cc(OC)ccc3OC)CC2)n1. The summed E-state index contributed by atoms with van der Waals surface area (Å²) in [5.41, 5.74) is 1.10. The lowest BCUT2D eigenvalue weighted by Crippen LogP contribution is -2.48. The molecule has 0 N–H and O–H groups in total. The van der Waals surface area contributed by atoms with Crippen LogP contribution in [-0.4, -0.2) is 66.2 Å². The molecule has 0 aliphatic carbocycles. The van der Waals surface area contributed by atoms with Crippen molar-refractivity contribution in [2.45, 2.75) is 45.6 Å². The lowest BCUT2D eigenvalue weighted by atomic mass is 10.1. The summed E-state index contributed by atoms with van der Waals surface area (Å²) in [4.78, 5) is 21.2. The average molecular weight is 417 g/mol. The zero-order valence-electron chi connectivity index (χ0n) is 18.2. The number of benzene rings is 1. The number of carbonyl (C=O) groups excluding carboxylic acids is 1. The molecule has 8 heteroatoms. The number of amides is 1. The highest BCUT2D eigenvalue weighted by atomic mass is 16.5. The molecule has 0 saturated carbocycles. The molecule has 0 unspecified atom stereocenters. The van der Waals surface area contributed by atoms with E-state index in [0.29, 0.717) is 18.7 Å². The summed E-state index contributed by atoms with van der Waals surface area (Å²) in [7, 11) is 3.35. The van der Waals surface area contributed by atoms with Crippen molar-refractivity contribution in [1.29, 1.82) is 0 Å². The van der Waals surface area contributed by atoms with Crippen LogP contribution in [0.5, 0.6) is 11.5 Å². The Morgan fingerprint density at radius 2 is 1.93 bits per heavy atom. The quantitative estimate of drug-likeness (QED) is 0.589. The van der Waals surface area contributed by atoms with Crippen molar-refractivity contribution < 1.29 is 18.8 Å². The van der Waals surface area contributed by atoms with Gasteiger partial charge in [0.2, 0.25) is 11.8 Å². The molecular formula is C22H32N4O4. The van der Waals surface area contributed by atoms with E-state index in [1.807, 2.05) is 23.1 Å². The molecule has 1 saturated heterocycles. The fraction of sp³-hybridized carbons (Fsp3) is 0.591. The highest BCUT2D eigenvalue weighted by molar-refractivity contribution is 5.76. The molecule has 1 aromatic carbocycles. The van der Waals surface area contributed by atoms with Gasteiger partial charge in [-0.05, 0) is 31.0 Å². The van der Waals surface area contributed by atoms with E-state index in [0.717, 1.165) is 74.9 Å². The highest BCUT2D eigenvalue weighted by Crippen LogP contribution is 2.25. The average Bonchev–Trinajstić information content (AvgIpc) is 3.21. The first kappa shape index (κ1) is 22.1. The van der Waals surface area contributed by atoms with Crippen molar-refractivity contribution in [3.8, 4) is 11.5 Å². The molecule has 0 atom stereocenters. The molecule has 1 aliphatic heterocycles. The van der Waals surface area contributed by atoms with E-state index in [-0.39, 0.29) is 5.91 Å². The molecule has 0 radical (unpaired) electrons. The van der Waals surface area contributed by atoms with E-state index in [9.17, 15) is 4.79 Å². The lowest BCUT2D eigenvalue weighted by molar-refractivity contribution is -0.133. The van der Waals surface area contributed by atoms with Crippen LogP contribution in [0.1, 0.15) is 43.5 Å². The molecule has 2 heterocycles. The summed E-state index contributed by atoms with van der Waals surface area (Å²) in [6.45, 7) is 6.03. The van der Waals surface area contributed by atoms with Crippen molar-refractivity contribution in [3.63, 3.8) is 0 Å². The molecule has 8 nitrogen and oxygen atoms in total. The third-order valence-corrected chi connectivity index (χ3v) is 5.37. The second-order valence-electron chi connectivity index (χ2n) is 7.54. The van der Waals surface area contributed by atoms with Gasteiger partial charge in [0.15, 0.2) is 5.82 Å². The van der Waals surface area contributed by atoms with Gasteiger partial charge >= 0.3 is 0 Å². The Balaban J connectivity index is 1.42. The molecule has 3 rings (SSSR count). The van der Waals surface area contributed by atoms with Gasteiger partial charge in [0.05, 0.1) is 14.2 Å². The van der Waals surface area contributed by atoms with Crippen LogP contribution in [0.15, 0.2) is 22.7 Å². The Hall–Kier alpha value is -2.61. The number of piperazine rings is 1. The zero-order chi connectivity index (χ0) is 21.3. The number of hydrogen-bond donors (Lipinski definition) is 0. The second kappa shape index (κ2) is 11.0. The van der Waals surface area contributed by atoms with Crippen molar-refractivity contribution in [2.24, 2.45) is 0 Å². The standard InChI is InChI=1S/C22H32N4O4/c1-4-6-20-23-21(30-24-20)7-5-8-22(27)26-13-11-25(12-14-26)16-17-15-18(28-2)9-10-19(17)29-3/h9-10,15H,4-8,11-14,16H2,1-3H3. The first-order chi connectivity index (χ1) is 14.6. The Labute approximate surface area is 178 Å². The van der Waals surface area contributed by atoms with Crippen LogP contribution < -0.4 is 9.47 Å². The predicted molar refractivity (Wildman–Crippen MR) is 113 cm³/mol. The molecule has 1 aliphatic rings. The number of hydrogen-bond acceptors (Lipinski definition) is 7. The molecule has 1 aromatic heterocycles. The van der Waals surface area contributed by atoms with E-state index in [2.05, 4.69) is 22.0 Å². The zero-order valence-corrected chi connectivity index (χ0v) is 18.2. The fourth-order valence-electron chi connectivity index (χ4n) is 3.67. The monoisotopic (exact) mass is 416 g/mol. The van der Waals surface area contributed by atoms with E-state index in [4.69, 9.17) is 14.0 Å². The summed E-state index contributed by atoms with van der Waals surface area (Å²) in [6.07, 6.45) is 3.71. The van der Waals surface area contributed by atoms with E-state index < -0.39 is 0 Å². The summed E-state index contributed by atoms with van der Waals surface area (Å²) < 4.78 is 16.0. The fourth-order valence-corrected chi connectivity index (χ4v) is 3.67. The van der Waals surface area contributed by atoms with Crippen LogP contribution in [0.3, 0.4) is 0 Å². The Morgan fingerprint density at radius 1 is 1.13 bits per heavy atom. The van der Waals surface area contributed by atoms with Crippen molar-refractivity contribution in [2.75, 3.05) is 40.4 Å². The first-order valence-electron chi connectivity index (χ1n) is 10.7. The minimum Gasteiger partial charge on any atom is -0.497 e. The number of rotatable bonds is 10. The van der Waals surface area contributed by atoms with Crippen molar-refractivity contribution in [3.05, 3.63) is 35.5 Å². The van der Waals surface area contributed by atoms with Gasteiger partial charge in [-0.15, -0.1) is 0 Å². The van der Waals surface area contributed by atoms with E-state index in [1.165, 1.54) is 0 Å². The van der Waals surface area contributed by atoms with Crippen LogP contribution in [0.4, 0.5) is 0 Å². The third-order valence-electron chi connectivity index (χ3n) is 5.37. The molecule has 30 heavy (non-hydrogen) atoms. The minimum atomic E-state index is 0.196. The van der Waals surface area contributed by atoms with Gasteiger partial charge in [0.25, 0.3) is 0 Å². The summed E-state index contributed by atoms with van der Waals surface area (Å²) in [5.74, 6) is 3.26. The molecule has 1 amide bonds. The van der Waals surface area contributed by atoms with Crippen molar-refractivity contribution >= 4 is 5.91 Å². The molecule has 0 spiro atoms. The lowest BCUT2D eigenvalue weighted by Gasteiger charge is -2.35. The Morgan fingerprint density at radius 3 is 2.63 bits per heavy atom. The van der Waals surface area contributed by atoms with Gasteiger partial charge in [-0.25, -0.2) is 0 Å². The summed E-state index contributed by atoms with van der Waals surface area (Å²) in [5, 5.41) is 3.96. The van der Waals surface area contributed by atoms with Crippen LogP contribution >= 0.6 is 0 Å². The maximum atomic E-state index is 12.5. The number of ether oxygens (including phenoxy) is 2. The molecule has 2 aromatic rings. The number of nitrogens with zero attached hydrogens (tertiary/aromatic N) is 4. The molecular weight excluding hydrogens is 384 g/mol. The van der Waals surface area contributed by atoms with Gasteiger partial charge in [-0.2, -0.15) is 4.98 Å². The predicted octanol–water partition coefficient (Wildman–Crippen LogP) is 2.71. The first-order valence-corrected chi connectivity index (χ1v) is 10.7. The van der Waals surface area contributed by atoms with Crippen LogP contribution in [0.25, 0.3) is 0 Å². The van der Waals surface area contributed by atoms with Crippen molar-refractivity contribution in [1.82, 2.24) is 19.9 Å². The van der Waals surface area contributed by atoms with Crippen LogP contribution in [0.2, 0.25) is 0 Å². The van der Waals surface area contributed by atoms with Crippen LogP contribution in [-0.2, 0) is 24.2 Å². The van der Waals surface area contributed by atoms with Gasteiger partial charge in [-0.1, -0.05) is 12.1 Å². The smallest absolute Gasteiger partial charge is 0.226 e. The van der Waals surface area contributed by atoms with Crippen LogP contribution in [0, 0.1) is 0 Å². The Bertz CT molecular complexity index is 815. The van der Waals surface area contributed by atoms with E-state index in [1.54, 1.807) is 14.2 Å². The summed E-state index contributed by atoms with van der Waals surface area (Å²) >= 11 is 0. The largest absolute Gasteiger partial charge is 0.497 e. The Kier molecular flexibility index (Phi) is 8.07. The maximum absolute atomic E-state index is 12.5. The summed E-state index contributed by atoms with van der Waals surface area (Å²) in [6, 6.07) is 5.85. The molecule has 1 fully saturated rings. The molecule has 0 bridgehead atoms. The van der Waals surface area contributed by atoms with Gasteiger partial charge in [0, 0.05) is 57.5 Å².